The van der Waals surface area contributed by atoms with Crippen molar-refractivity contribution in [1.82, 2.24) is 24.1 Å². The maximum Gasteiger partial charge on any atom is 0.350 e. The van der Waals surface area contributed by atoms with Crippen molar-refractivity contribution in [2.75, 3.05) is 0 Å². The molecule has 2 aromatic carbocycles. The highest BCUT2D eigenvalue weighted by molar-refractivity contribution is 5.33. The second-order valence-electron chi connectivity index (χ2n) is 6.33. The molecule has 0 saturated carbocycles. The number of halogens is 2. The topological polar surface area (TPSA) is 81.4 Å². The van der Waals surface area contributed by atoms with Gasteiger partial charge in [-0.3, -0.25) is 9.25 Å². The van der Waals surface area contributed by atoms with E-state index in [1.165, 1.54) is 12.4 Å². The molecule has 2 heterocycles. The zero-order chi connectivity index (χ0) is 20.4. The van der Waals surface area contributed by atoms with Crippen LogP contribution in [-0.4, -0.2) is 24.1 Å². The lowest BCUT2D eigenvalue weighted by Crippen LogP contribution is -2.24. The minimum absolute atomic E-state index is 0.194. The fourth-order valence-corrected chi connectivity index (χ4v) is 2.91. The van der Waals surface area contributed by atoms with E-state index < -0.39 is 17.3 Å². The molecule has 0 unspecified atom stereocenters. The monoisotopic (exact) mass is 392 g/mol. The van der Waals surface area contributed by atoms with Crippen LogP contribution >= 0.6 is 0 Å². The Morgan fingerprint density at radius 1 is 1.00 bits per heavy atom. The van der Waals surface area contributed by atoms with Crippen LogP contribution in [0.2, 0.25) is 0 Å². The van der Waals surface area contributed by atoms with Gasteiger partial charge in [0.2, 0.25) is 0 Å². The van der Waals surface area contributed by atoms with E-state index in [1.807, 2.05) is 18.2 Å². The Labute approximate surface area is 163 Å². The molecule has 0 fully saturated rings. The predicted molar refractivity (Wildman–Crippen MR) is 99.3 cm³/mol. The van der Waals surface area contributed by atoms with E-state index in [1.54, 1.807) is 29.1 Å². The molecular weight excluding hydrogens is 378 g/mol. The molecule has 0 aliphatic heterocycles. The smallest absolute Gasteiger partial charge is 0.276 e. The second kappa shape index (κ2) is 7.52. The summed E-state index contributed by atoms with van der Waals surface area (Å²) < 4.78 is 31.6. The Morgan fingerprint density at radius 2 is 1.72 bits per heavy atom. The average molecular weight is 392 g/mol. The Kier molecular flexibility index (Phi) is 4.75. The van der Waals surface area contributed by atoms with Crippen molar-refractivity contribution in [3.8, 4) is 11.8 Å². The van der Waals surface area contributed by atoms with Gasteiger partial charge in [0.1, 0.15) is 24.0 Å². The SMILES string of the molecule is N#Cc1ccn(Cc2ccc(-n3ncn(Cc4c(F)cccc4F)c3=O)cc2)n1. The number of rotatable bonds is 5. The van der Waals surface area contributed by atoms with E-state index in [0.29, 0.717) is 17.9 Å². The molecule has 0 atom stereocenters. The van der Waals surface area contributed by atoms with Crippen molar-refractivity contribution in [2.24, 2.45) is 0 Å². The van der Waals surface area contributed by atoms with Gasteiger partial charge in [0, 0.05) is 11.8 Å². The molecule has 0 aliphatic rings. The number of hydrogen-bond acceptors (Lipinski definition) is 4. The summed E-state index contributed by atoms with van der Waals surface area (Å²) in [5.74, 6) is -1.43. The first-order chi connectivity index (χ1) is 14.0. The summed E-state index contributed by atoms with van der Waals surface area (Å²) in [6, 6.07) is 14.2. The predicted octanol–water partition coefficient (Wildman–Crippen LogP) is 2.48. The van der Waals surface area contributed by atoms with Crippen LogP contribution in [0.25, 0.3) is 5.69 Å². The lowest BCUT2D eigenvalue weighted by Gasteiger charge is -2.05. The first-order valence-corrected chi connectivity index (χ1v) is 8.65. The van der Waals surface area contributed by atoms with Gasteiger partial charge in [0.25, 0.3) is 0 Å². The van der Waals surface area contributed by atoms with Crippen LogP contribution in [0.3, 0.4) is 0 Å². The molecule has 9 heteroatoms. The van der Waals surface area contributed by atoms with Crippen molar-refractivity contribution < 1.29 is 8.78 Å². The van der Waals surface area contributed by atoms with Gasteiger partial charge in [-0.1, -0.05) is 18.2 Å². The third kappa shape index (κ3) is 3.68. The fourth-order valence-electron chi connectivity index (χ4n) is 2.91. The van der Waals surface area contributed by atoms with Crippen LogP contribution in [0.1, 0.15) is 16.8 Å². The van der Waals surface area contributed by atoms with Gasteiger partial charge in [-0.15, -0.1) is 0 Å². The standard InChI is InChI=1S/C20H14F2N6O/c21-18-2-1-3-19(22)17(18)12-26-13-24-28(20(26)29)16-6-4-14(5-7-16)11-27-9-8-15(10-23)25-27/h1-9,13H,11-12H2. The van der Waals surface area contributed by atoms with Gasteiger partial charge in [-0.25, -0.2) is 13.6 Å². The lowest BCUT2D eigenvalue weighted by molar-refractivity contribution is 0.541. The summed E-state index contributed by atoms with van der Waals surface area (Å²) in [5, 5.41) is 17.0. The minimum atomic E-state index is -0.716. The molecule has 144 valence electrons. The highest BCUT2D eigenvalue weighted by atomic mass is 19.1. The lowest BCUT2D eigenvalue weighted by atomic mass is 10.2. The van der Waals surface area contributed by atoms with Gasteiger partial charge in [0.15, 0.2) is 5.69 Å². The Hall–Kier alpha value is -4.06. The van der Waals surface area contributed by atoms with Crippen LogP contribution in [-0.2, 0) is 13.1 Å². The molecule has 7 nitrogen and oxygen atoms in total. The van der Waals surface area contributed by atoms with E-state index in [2.05, 4.69) is 10.2 Å². The zero-order valence-electron chi connectivity index (χ0n) is 15.0. The third-order valence-electron chi connectivity index (χ3n) is 4.40. The summed E-state index contributed by atoms with van der Waals surface area (Å²) in [7, 11) is 0. The zero-order valence-corrected chi connectivity index (χ0v) is 15.0. The fraction of sp³-hybridized carbons (Fsp3) is 0.100. The van der Waals surface area contributed by atoms with E-state index in [4.69, 9.17) is 5.26 Å². The molecule has 4 rings (SSSR count). The van der Waals surface area contributed by atoms with Crippen molar-refractivity contribution >= 4 is 0 Å². The number of nitriles is 1. The first-order valence-electron chi connectivity index (χ1n) is 8.65. The normalized spacial score (nSPS) is 10.8. The van der Waals surface area contributed by atoms with Gasteiger partial charge in [0.05, 0.1) is 18.8 Å². The molecule has 2 aromatic heterocycles. The van der Waals surface area contributed by atoms with Crippen molar-refractivity contribution in [3.05, 3.63) is 100.0 Å². The molecular formula is C20H14F2N6O. The summed E-state index contributed by atoms with van der Waals surface area (Å²) in [6.45, 7) is 0.216. The summed E-state index contributed by atoms with van der Waals surface area (Å²) >= 11 is 0. The van der Waals surface area contributed by atoms with E-state index >= 15 is 0 Å². The Morgan fingerprint density at radius 3 is 2.38 bits per heavy atom. The van der Waals surface area contributed by atoms with Crippen LogP contribution in [0.4, 0.5) is 8.78 Å². The molecule has 4 aromatic rings. The Bertz CT molecular complexity index is 1240. The molecule has 0 spiro atoms. The van der Waals surface area contributed by atoms with Crippen LogP contribution in [0.15, 0.2) is 65.8 Å². The Balaban J connectivity index is 1.55. The molecule has 0 radical (unpaired) electrons. The first kappa shape index (κ1) is 18.3. The van der Waals surface area contributed by atoms with E-state index in [0.717, 1.165) is 26.9 Å². The largest absolute Gasteiger partial charge is 0.350 e. The third-order valence-corrected chi connectivity index (χ3v) is 4.40. The molecule has 0 N–H and O–H groups in total. The van der Waals surface area contributed by atoms with Gasteiger partial charge in [-0.2, -0.15) is 20.1 Å². The van der Waals surface area contributed by atoms with Crippen LogP contribution < -0.4 is 5.69 Å². The van der Waals surface area contributed by atoms with Gasteiger partial charge < -0.3 is 0 Å². The van der Waals surface area contributed by atoms with Crippen molar-refractivity contribution in [3.63, 3.8) is 0 Å². The number of hydrogen-bond donors (Lipinski definition) is 0. The highest BCUT2D eigenvalue weighted by Gasteiger charge is 2.13. The van der Waals surface area contributed by atoms with Crippen LogP contribution in [0.5, 0.6) is 0 Å². The van der Waals surface area contributed by atoms with Gasteiger partial charge in [-0.05, 0) is 35.9 Å². The molecule has 0 saturated heterocycles. The highest BCUT2D eigenvalue weighted by Crippen LogP contribution is 2.13. The maximum absolute atomic E-state index is 13.8. The van der Waals surface area contributed by atoms with Crippen molar-refractivity contribution in [1.29, 1.82) is 5.26 Å². The van der Waals surface area contributed by atoms with Crippen LogP contribution in [0, 0.1) is 23.0 Å². The second-order valence-corrected chi connectivity index (χ2v) is 6.33. The maximum atomic E-state index is 13.8. The molecule has 0 amide bonds. The number of nitrogens with zero attached hydrogens (tertiary/aromatic N) is 6. The van der Waals surface area contributed by atoms with E-state index in [-0.39, 0.29) is 12.1 Å². The quantitative estimate of drug-likeness (QED) is 0.523. The average Bonchev–Trinajstić information content (AvgIpc) is 3.32. The summed E-state index contributed by atoms with van der Waals surface area (Å²) in [6.07, 6.45) is 2.95. The van der Waals surface area contributed by atoms with Gasteiger partial charge >= 0.3 is 5.69 Å². The molecule has 0 bridgehead atoms. The molecule has 0 aliphatic carbocycles. The number of aromatic nitrogens is 5. The minimum Gasteiger partial charge on any atom is -0.276 e. The number of benzene rings is 2. The van der Waals surface area contributed by atoms with E-state index in [9.17, 15) is 13.6 Å². The summed E-state index contributed by atoms with van der Waals surface area (Å²) in [4.78, 5) is 12.6. The summed E-state index contributed by atoms with van der Waals surface area (Å²) in [5.41, 5.74) is 1.07. The van der Waals surface area contributed by atoms with Crippen molar-refractivity contribution in [2.45, 2.75) is 13.1 Å². The molecule has 29 heavy (non-hydrogen) atoms.